The molecule has 63 heavy (non-hydrogen) atoms. The number of carbonyl (C=O) groups excluding carboxylic acids is 3. The SMILES string of the molecule is CC/C=C\C/C=C\C/C=C\C/C=C\C/C=C\CCCC(=O)OC[C@H](COC(=O)CCCCCCCCC/C=C\CCCCCC)OC(=O)CCCCCCC/C=C\CCCCCC. The molecule has 0 heterocycles. The predicted molar refractivity (Wildman–Crippen MR) is 270 cm³/mol. The van der Waals surface area contributed by atoms with Crippen LogP contribution in [-0.2, 0) is 28.6 Å². The van der Waals surface area contributed by atoms with Gasteiger partial charge in [0.25, 0.3) is 0 Å². The van der Waals surface area contributed by atoms with Crippen LogP contribution in [0, 0.1) is 0 Å². The van der Waals surface area contributed by atoms with Gasteiger partial charge >= 0.3 is 17.9 Å². The Morgan fingerprint density at radius 2 is 0.635 bits per heavy atom. The highest BCUT2D eigenvalue weighted by Crippen LogP contribution is 2.13. The maximum absolute atomic E-state index is 12.8. The summed E-state index contributed by atoms with van der Waals surface area (Å²) < 4.78 is 16.7. The second kappa shape index (κ2) is 51.2. The van der Waals surface area contributed by atoms with Crippen LogP contribution in [-0.4, -0.2) is 37.2 Å². The van der Waals surface area contributed by atoms with Crippen molar-refractivity contribution in [2.45, 2.75) is 245 Å². The van der Waals surface area contributed by atoms with Crippen LogP contribution in [0.3, 0.4) is 0 Å². The largest absolute Gasteiger partial charge is 0.462 e. The molecule has 0 N–H and O–H groups in total. The van der Waals surface area contributed by atoms with Gasteiger partial charge in [-0.25, -0.2) is 0 Å². The predicted octanol–water partition coefficient (Wildman–Crippen LogP) is 17.2. The molecule has 360 valence electrons. The molecule has 0 radical (unpaired) electrons. The number of allylic oxidation sites excluding steroid dienone is 14. The first kappa shape index (κ1) is 59.6. The summed E-state index contributed by atoms with van der Waals surface area (Å²) in [5.74, 6) is -0.975. The van der Waals surface area contributed by atoms with Crippen molar-refractivity contribution >= 4 is 17.9 Å². The Balaban J connectivity index is 4.49. The summed E-state index contributed by atoms with van der Waals surface area (Å²) in [5.41, 5.74) is 0. The van der Waals surface area contributed by atoms with Gasteiger partial charge in [0, 0.05) is 19.3 Å². The van der Waals surface area contributed by atoms with E-state index >= 15 is 0 Å². The van der Waals surface area contributed by atoms with E-state index < -0.39 is 6.10 Å². The summed E-state index contributed by atoms with van der Waals surface area (Å²) in [7, 11) is 0. The van der Waals surface area contributed by atoms with Gasteiger partial charge in [0.1, 0.15) is 13.2 Å². The molecule has 0 aromatic carbocycles. The lowest BCUT2D eigenvalue weighted by atomic mass is 10.1. The number of rotatable bonds is 46. The third kappa shape index (κ3) is 49.5. The first-order valence-electron chi connectivity index (χ1n) is 26.1. The Kier molecular flexibility index (Phi) is 48.5. The number of hydrogen-bond donors (Lipinski definition) is 0. The highest BCUT2D eigenvalue weighted by molar-refractivity contribution is 5.71. The van der Waals surface area contributed by atoms with Crippen LogP contribution >= 0.6 is 0 Å². The quantitative estimate of drug-likeness (QED) is 0.0262. The molecule has 0 amide bonds. The number of esters is 3. The lowest BCUT2D eigenvalue weighted by Gasteiger charge is -2.18. The molecule has 0 aliphatic heterocycles. The van der Waals surface area contributed by atoms with Crippen LogP contribution in [0.5, 0.6) is 0 Å². The van der Waals surface area contributed by atoms with Gasteiger partial charge in [-0.15, -0.1) is 0 Å². The fraction of sp³-hybridized carbons (Fsp3) is 0.702. The minimum Gasteiger partial charge on any atom is -0.462 e. The van der Waals surface area contributed by atoms with Crippen LogP contribution in [0.2, 0.25) is 0 Å². The van der Waals surface area contributed by atoms with E-state index in [1.165, 1.54) is 103 Å². The van der Waals surface area contributed by atoms with E-state index in [0.717, 1.165) is 89.9 Å². The summed E-state index contributed by atoms with van der Waals surface area (Å²) in [4.78, 5) is 38.0. The highest BCUT2D eigenvalue weighted by Gasteiger charge is 2.19. The molecule has 0 aliphatic carbocycles. The molecule has 0 aromatic heterocycles. The molecule has 0 rings (SSSR count). The van der Waals surface area contributed by atoms with E-state index in [-0.39, 0.29) is 37.5 Å². The van der Waals surface area contributed by atoms with Gasteiger partial charge in [-0.3, -0.25) is 14.4 Å². The van der Waals surface area contributed by atoms with Gasteiger partial charge in [0.2, 0.25) is 0 Å². The third-order valence-corrected chi connectivity index (χ3v) is 10.9. The molecule has 0 saturated carbocycles. The Hall–Kier alpha value is -3.41. The zero-order valence-electron chi connectivity index (χ0n) is 41.1. The minimum absolute atomic E-state index is 0.100. The average Bonchev–Trinajstić information content (AvgIpc) is 3.28. The van der Waals surface area contributed by atoms with Crippen LogP contribution in [0.15, 0.2) is 85.1 Å². The van der Waals surface area contributed by atoms with Crippen LogP contribution < -0.4 is 0 Å². The molecular formula is C57H96O6. The third-order valence-electron chi connectivity index (χ3n) is 10.9. The van der Waals surface area contributed by atoms with Gasteiger partial charge in [-0.2, -0.15) is 0 Å². The van der Waals surface area contributed by atoms with E-state index in [1.807, 2.05) is 0 Å². The second-order valence-electron chi connectivity index (χ2n) is 17.0. The topological polar surface area (TPSA) is 78.9 Å². The van der Waals surface area contributed by atoms with Crippen molar-refractivity contribution in [3.63, 3.8) is 0 Å². The Bertz CT molecular complexity index is 1240. The number of unbranched alkanes of at least 4 members (excludes halogenated alkanes) is 21. The molecule has 0 aromatic rings. The molecule has 0 aliphatic rings. The molecule has 0 unspecified atom stereocenters. The van der Waals surface area contributed by atoms with E-state index in [4.69, 9.17) is 14.2 Å². The van der Waals surface area contributed by atoms with Crippen molar-refractivity contribution < 1.29 is 28.6 Å². The smallest absolute Gasteiger partial charge is 0.306 e. The standard InChI is InChI=1S/C57H96O6/c1-4-7-10-13-16-19-22-25-27-28-30-33-35-38-41-44-47-50-56(59)62-53-54(63-57(60)51-48-45-42-39-36-31-24-21-18-15-12-9-6-3)52-61-55(58)49-46-43-40-37-34-32-29-26-23-20-17-14-11-8-5-2/h7,10,16,19-21,23-25,27,30,33,38,41,54H,4-6,8-9,11-15,17-18,22,26,28-29,31-32,34-37,39-40,42-53H2,1-3H3/b10-7-,19-16-,23-20-,24-21-,27-25-,33-30-,41-38-/t54-/m0/s1. The van der Waals surface area contributed by atoms with E-state index in [0.29, 0.717) is 19.3 Å². The first-order valence-corrected chi connectivity index (χ1v) is 26.1. The summed E-state index contributed by atoms with van der Waals surface area (Å²) in [5, 5.41) is 0. The van der Waals surface area contributed by atoms with E-state index in [2.05, 4.69) is 106 Å². The fourth-order valence-corrected chi connectivity index (χ4v) is 6.94. The van der Waals surface area contributed by atoms with Gasteiger partial charge in [0.05, 0.1) is 0 Å². The molecular weight excluding hydrogens is 781 g/mol. The van der Waals surface area contributed by atoms with Gasteiger partial charge < -0.3 is 14.2 Å². The molecule has 0 saturated heterocycles. The Labute approximate surface area is 388 Å². The lowest BCUT2D eigenvalue weighted by molar-refractivity contribution is -0.167. The van der Waals surface area contributed by atoms with E-state index in [1.54, 1.807) is 0 Å². The summed E-state index contributed by atoms with van der Waals surface area (Å²) >= 11 is 0. The fourth-order valence-electron chi connectivity index (χ4n) is 6.94. The van der Waals surface area contributed by atoms with Crippen LogP contribution in [0.25, 0.3) is 0 Å². The molecule has 6 heteroatoms. The maximum atomic E-state index is 12.8. The zero-order valence-corrected chi connectivity index (χ0v) is 41.1. The lowest BCUT2D eigenvalue weighted by Crippen LogP contribution is -2.30. The van der Waals surface area contributed by atoms with Gasteiger partial charge in [-0.1, -0.05) is 196 Å². The second-order valence-corrected chi connectivity index (χ2v) is 17.0. The van der Waals surface area contributed by atoms with Crippen LogP contribution in [0.4, 0.5) is 0 Å². The van der Waals surface area contributed by atoms with Crippen molar-refractivity contribution in [3.05, 3.63) is 85.1 Å². The molecule has 6 nitrogen and oxygen atoms in total. The Morgan fingerprint density at radius 1 is 0.333 bits per heavy atom. The monoisotopic (exact) mass is 877 g/mol. The van der Waals surface area contributed by atoms with Crippen LogP contribution in [0.1, 0.15) is 239 Å². The van der Waals surface area contributed by atoms with Crippen molar-refractivity contribution in [2.75, 3.05) is 13.2 Å². The number of carbonyl (C=O) groups is 3. The van der Waals surface area contributed by atoms with Crippen molar-refractivity contribution in [3.8, 4) is 0 Å². The summed E-state index contributed by atoms with van der Waals surface area (Å²) in [6, 6.07) is 0. The van der Waals surface area contributed by atoms with Gasteiger partial charge in [0.15, 0.2) is 6.10 Å². The summed E-state index contributed by atoms with van der Waals surface area (Å²) in [6.45, 7) is 6.43. The zero-order chi connectivity index (χ0) is 45.8. The molecule has 1 atom stereocenters. The van der Waals surface area contributed by atoms with E-state index in [9.17, 15) is 14.4 Å². The Morgan fingerprint density at radius 3 is 1.05 bits per heavy atom. The minimum atomic E-state index is -0.805. The van der Waals surface area contributed by atoms with Crippen molar-refractivity contribution in [2.24, 2.45) is 0 Å². The maximum Gasteiger partial charge on any atom is 0.306 e. The molecule has 0 spiro atoms. The van der Waals surface area contributed by atoms with Crippen molar-refractivity contribution in [1.29, 1.82) is 0 Å². The average molecular weight is 877 g/mol. The summed E-state index contributed by atoms with van der Waals surface area (Å²) in [6.07, 6.45) is 65.7. The number of hydrogen-bond acceptors (Lipinski definition) is 6. The number of ether oxygens (including phenoxy) is 3. The molecule has 0 bridgehead atoms. The molecule has 0 fully saturated rings. The highest BCUT2D eigenvalue weighted by atomic mass is 16.6. The first-order chi connectivity index (χ1) is 31.0. The normalized spacial score (nSPS) is 12.7. The van der Waals surface area contributed by atoms with Gasteiger partial charge in [-0.05, 0) is 109 Å². The van der Waals surface area contributed by atoms with Crippen molar-refractivity contribution in [1.82, 2.24) is 0 Å².